The fourth-order valence-corrected chi connectivity index (χ4v) is 2.37. The van der Waals surface area contributed by atoms with Crippen molar-refractivity contribution in [3.8, 4) is 10.8 Å². The first kappa shape index (κ1) is 12.3. The van der Waals surface area contributed by atoms with Gasteiger partial charge in [-0.1, -0.05) is 19.0 Å². The lowest BCUT2D eigenvalue weighted by Gasteiger charge is -2.02. The van der Waals surface area contributed by atoms with Crippen LogP contribution in [0.1, 0.15) is 31.0 Å². The van der Waals surface area contributed by atoms with Crippen molar-refractivity contribution in [3.63, 3.8) is 0 Å². The van der Waals surface area contributed by atoms with Gasteiger partial charge in [-0.15, -0.1) is 11.3 Å². The van der Waals surface area contributed by atoms with Crippen molar-refractivity contribution in [2.45, 2.75) is 39.2 Å². The van der Waals surface area contributed by atoms with E-state index < -0.39 is 0 Å². The van der Waals surface area contributed by atoms with Crippen LogP contribution in [0.2, 0.25) is 0 Å². The Kier molecular flexibility index (Phi) is 3.91. The Hall–Kier alpha value is -1.20. The van der Waals surface area contributed by atoms with E-state index in [1.54, 1.807) is 11.3 Å². The summed E-state index contributed by atoms with van der Waals surface area (Å²) in [5.74, 6) is 1.30. The highest BCUT2D eigenvalue weighted by Crippen LogP contribution is 2.27. The average Bonchev–Trinajstić information content (AvgIpc) is 2.96. The van der Waals surface area contributed by atoms with Crippen molar-refractivity contribution in [2.24, 2.45) is 5.73 Å². The number of rotatable bonds is 5. The molecule has 0 radical (unpaired) electrons. The highest BCUT2D eigenvalue weighted by Gasteiger charge is 2.12. The molecular formula is C12H17N3OS. The maximum absolute atomic E-state index is 5.86. The third-order valence-electron chi connectivity index (χ3n) is 2.66. The summed E-state index contributed by atoms with van der Waals surface area (Å²) in [5.41, 5.74) is 5.86. The van der Waals surface area contributed by atoms with Gasteiger partial charge < -0.3 is 10.3 Å². The number of aromatic nitrogens is 2. The fraction of sp³-hybridized carbons (Fsp3) is 0.500. The van der Waals surface area contributed by atoms with Crippen LogP contribution < -0.4 is 5.73 Å². The van der Waals surface area contributed by atoms with Crippen LogP contribution in [0.4, 0.5) is 0 Å². The Balaban J connectivity index is 2.12. The number of hydrogen-bond acceptors (Lipinski definition) is 5. The standard InChI is InChI=1S/C12H17N3OS/c1-3-8(13)7-11-14-12(16-15-11)10-6-5-9(4-2)17-10/h5-6,8H,3-4,7,13H2,1-2H3. The maximum Gasteiger partial charge on any atom is 0.267 e. The molecule has 0 aliphatic heterocycles. The third-order valence-corrected chi connectivity index (χ3v) is 3.88. The lowest BCUT2D eigenvalue weighted by atomic mass is 10.2. The van der Waals surface area contributed by atoms with Crippen molar-refractivity contribution < 1.29 is 4.52 Å². The molecule has 2 aromatic heterocycles. The third kappa shape index (κ3) is 2.92. The number of nitrogens with two attached hydrogens (primary N) is 1. The maximum atomic E-state index is 5.86. The molecule has 0 aliphatic rings. The Morgan fingerprint density at radius 2 is 2.24 bits per heavy atom. The molecule has 2 rings (SSSR count). The van der Waals surface area contributed by atoms with Crippen LogP contribution in [0.15, 0.2) is 16.7 Å². The number of aryl methyl sites for hydroxylation is 1. The number of hydrogen-bond donors (Lipinski definition) is 1. The molecular weight excluding hydrogens is 234 g/mol. The summed E-state index contributed by atoms with van der Waals surface area (Å²) in [6.45, 7) is 4.19. The van der Waals surface area contributed by atoms with Gasteiger partial charge in [0.15, 0.2) is 5.82 Å². The molecule has 2 heterocycles. The van der Waals surface area contributed by atoms with Gasteiger partial charge in [0.25, 0.3) is 5.89 Å². The quantitative estimate of drug-likeness (QED) is 0.887. The van der Waals surface area contributed by atoms with Gasteiger partial charge in [-0.2, -0.15) is 4.98 Å². The minimum atomic E-state index is 0.106. The molecule has 0 spiro atoms. The second-order valence-electron chi connectivity index (χ2n) is 4.01. The van der Waals surface area contributed by atoms with E-state index in [1.807, 2.05) is 6.07 Å². The molecule has 5 heteroatoms. The van der Waals surface area contributed by atoms with Crippen molar-refractivity contribution in [1.29, 1.82) is 0 Å². The van der Waals surface area contributed by atoms with Gasteiger partial charge in [0.1, 0.15) is 0 Å². The van der Waals surface area contributed by atoms with Crippen molar-refractivity contribution >= 4 is 11.3 Å². The van der Waals surface area contributed by atoms with Crippen LogP contribution in [0.3, 0.4) is 0 Å². The van der Waals surface area contributed by atoms with E-state index in [-0.39, 0.29) is 6.04 Å². The fourth-order valence-electron chi connectivity index (χ4n) is 1.50. The Bertz CT molecular complexity index is 478. The summed E-state index contributed by atoms with van der Waals surface area (Å²) in [4.78, 5) is 6.73. The average molecular weight is 251 g/mol. The zero-order valence-electron chi connectivity index (χ0n) is 10.1. The molecule has 92 valence electrons. The van der Waals surface area contributed by atoms with E-state index in [1.165, 1.54) is 4.88 Å². The Labute approximate surface area is 105 Å². The van der Waals surface area contributed by atoms with Crippen LogP contribution in [0.25, 0.3) is 10.8 Å². The second kappa shape index (κ2) is 5.42. The molecule has 0 fully saturated rings. The molecule has 2 aromatic rings. The van der Waals surface area contributed by atoms with Crippen LogP contribution in [0.5, 0.6) is 0 Å². The highest BCUT2D eigenvalue weighted by molar-refractivity contribution is 7.15. The van der Waals surface area contributed by atoms with E-state index in [2.05, 4.69) is 30.1 Å². The van der Waals surface area contributed by atoms with E-state index in [0.717, 1.165) is 17.7 Å². The first-order chi connectivity index (χ1) is 8.22. The molecule has 2 N–H and O–H groups in total. The molecule has 0 amide bonds. The number of nitrogens with zero attached hydrogens (tertiary/aromatic N) is 2. The predicted octanol–water partition coefficient (Wildman–Crippen LogP) is 2.64. The Morgan fingerprint density at radius 1 is 1.41 bits per heavy atom. The monoisotopic (exact) mass is 251 g/mol. The van der Waals surface area contributed by atoms with Crippen molar-refractivity contribution in [2.75, 3.05) is 0 Å². The summed E-state index contributed by atoms with van der Waals surface area (Å²) in [7, 11) is 0. The van der Waals surface area contributed by atoms with Gasteiger partial charge >= 0.3 is 0 Å². The SMILES string of the molecule is CCc1ccc(-c2nc(CC(N)CC)no2)s1. The van der Waals surface area contributed by atoms with Gasteiger partial charge in [-0.3, -0.25) is 0 Å². The van der Waals surface area contributed by atoms with E-state index >= 15 is 0 Å². The lowest BCUT2D eigenvalue weighted by molar-refractivity contribution is 0.420. The first-order valence-electron chi connectivity index (χ1n) is 5.90. The summed E-state index contributed by atoms with van der Waals surface area (Å²) < 4.78 is 5.25. The van der Waals surface area contributed by atoms with E-state index in [0.29, 0.717) is 18.1 Å². The van der Waals surface area contributed by atoms with Gasteiger partial charge in [0.2, 0.25) is 0 Å². The van der Waals surface area contributed by atoms with Gasteiger partial charge in [0.05, 0.1) is 4.88 Å². The molecule has 0 saturated heterocycles. The Morgan fingerprint density at radius 3 is 2.88 bits per heavy atom. The minimum absolute atomic E-state index is 0.106. The van der Waals surface area contributed by atoms with Crippen LogP contribution in [0, 0.1) is 0 Å². The lowest BCUT2D eigenvalue weighted by Crippen LogP contribution is -2.21. The largest absolute Gasteiger partial charge is 0.333 e. The van der Waals surface area contributed by atoms with Gasteiger partial charge in [-0.25, -0.2) is 0 Å². The summed E-state index contributed by atoms with van der Waals surface area (Å²) in [5, 5.41) is 3.96. The number of thiophene rings is 1. The molecule has 0 aliphatic carbocycles. The second-order valence-corrected chi connectivity index (χ2v) is 5.18. The summed E-state index contributed by atoms with van der Waals surface area (Å²) in [6, 6.07) is 4.23. The minimum Gasteiger partial charge on any atom is -0.333 e. The molecule has 0 saturated carbocycles. The van der Waals surface area contributed by atoms with Crippen LogP contribution >= 0.6 is 11.3 Å². The molecule has 1 unspecified atom stereocenters. The molecule has 0 bridgehead atoms. The van der Waals surface area contributed by atoms with E-state index in [4.69, 9.17) is 10.3 Å². The molecule has 4 nitrogen and oxygen atoms in total. The zero-order chi connectivity index (χ0) is 12.3. The van der Waals surface area contributed by atoms with Crippen LogP contribution in [-0.2, 0) is 12.8 Å². The highest BCUT2D eigenvalue weighted by atomic mass is 32.1. The molecule has 17 heavy (non-hydrogen) atoms. The summed E-state index contributed by atoms with van der Waals surface area (Å²) in [6.07, 6.45) is 2.63. The first-order valence-corrected chi connectivity index (χ1v) is 6.71. The van der Waals surface area contributed by atoms with E-state index in [9.17, 15) is 0 Å². The molecule has 1 atom stereocenters. The van der Waals surface area contributed by atoms with Gasteiger partial charge in [0, 0.05) is 17.3 Å². The van der Waals surface area contributed by atoms with Gasteiger partial charge in [-0.05, 0) is 25.0 Å². The normalized spacial score (nSPS) is 12.9. The topological polar surface area (TPSA) is 64.9 Å². The smallest absolute Gasteiger partial charge is 0.267 e. The zero-order valence-corrected chi connectivity index (χ0v) is 11.0. The van der Waals surface area contributed by atoms with Crippen molar-refractivity contribution in [1.82, 2.24) is 10.1 Å². The van der Waals surface area contributed by atoms with Crippen molar-refractivity contribution in [3.05, 3.63) is 22.8 Å². The van der Waals surface area contributed by atoms with Crippen LogP contribution in [-0.4, -0.2) is 16.2 Å². The predicted molar refractivity (Wildman–Crippen MR) is 69.0 cm³/mol. The molecule has 0 aromatic carbocycles. The summed E-state index contributed by atoms with van der Waals surface area (Å²) >= 11 is 1.70.